The van der Waals surface area contributed by atoms with Gasteiger partial charge in [-0.15, -0.1) is 10.2 Å². The molecule has 2 N–H and O–H groups in total. The van der Waals surface area contributed by atoms with Crippen LogP contribution in [0.2, 0.25) is 0 Å². The SMILES string of the molecule is CN(c1cnc(-c2cc3cnn(C(F)F)c(=O)c3cc2O)nn1)[C@@H]1C[C@H]2CCC(N2)[C@@H]1F. The van der Waals surface area contributed by atoms with Gasteiger partial charge in [0.2, 0.25) is 0 Å². The van der Waals surface area contributed by atoms with Crippen molar-refractivity contribution in [3.63, 3.8) is 0 Å². The third-order valence-corrected chi connectivity index (χ3v) is 6.32. The third kappa shape index (κ3) is 3.34. The van der Waals surface area contributed by atoms with E-state index in [0.717, 1.165) is 25.1 Å². The Morgan fingerprint density at radius 1 is 1.25 bits per heavy atom. The Balaban J connectivity index is 1.44. The number of benzene rings is 1. The minimum Gasteiger partial charge on any atom is -0.507 e. The Kier molecular flexibility index (Phi) is 4.96. The molecule has 2 aromatic heterocycles. The van der Waals surface area contributed by atoms with E-state index in [1.165, 1.54) is 12.3 Å². The van der Waals surface area contributed by atoms with E-state index >= 15 is 0 Å². The molecule has 1 unspecified atom stereocenters. The minimum absolute atomic E-state index is 0.0369. The lowest BCUT2D eigenvalue weighted by Crippen LogP contribution is -2.55. The van der Waals surface area contributed by atoms with E-state index < -0.39 is 18.3 Å². The van der Waals surface area contributed by atoms with E-state index in [4.69, 9.17) is 0 Å². The Morgan fingerprint density at radius 2 is 2.06 bits per heavy atom. The van der Waals surface area contributed by atoms with E-state index in [9.17, 15) is 23.1 Å². The van der Waals surface area contributed by atoms with Crippen LogP contribution in [0.3, 0.4) is 0 Å². The van der Waals surface area contributed by atoms with E-state index in [1.54, 1.807) is 11.9 Å². The van der Waals surface area contributed by atoms with Crippen molar-refractivity contribution in [2.24, 2.45) is 0 Å². The Labute approximate surface area is 179 Å². The molecule has 1 aromatic carbocycles. The van der Waals surface area contributed by atoms with Crippen LogP contribution in [-0.2, 0) is 0 Å². The zero-order valence-corrected chi connectivity index (χ0v) is 17.0. The van der Waals surface area contributed by atoms with Crippen molar-refractivity contribution < 1.29 is 18.3 Å². The number of alkyl halides is 3. The summed E-state index contributed by atoms with van der Waals surface area (Å²) in [6.45, 7) is -3.09. The van der Waals surface area contributed by atoms with Gasteiger partial charge < -0.3 is 15.3 Å². The number of anilines is 1. The number of hydrogen-bond donors (Lipinski definition) is 2. The van der Waals surface area contributed by atoms with E-state index in [1.807, 2.05) is 0 Å². The molecule has 32 heavy (non-hydrogen) atoms. The van der Waals surface area contributed by atoms with E-state index in [-0.39, 0.29) is 50.7 Å². The molecule has 5 rings (SSSR count). The summed E-state index contributed by atoms with van der Waals surface area (Å²) in [6, 6.07) is 2.26. The molecule has 4 atom stereocenters. The molecule has 4 heterocycles. The monoisotopic (exact) mass is 447 g/mol. The number of phenols is 1. The number of fused-ring (bicyclic) bond motifs is 3. The predicted octanol–water partition coefficient (Wildman–Crippen LogP) is 2.02. The molecule has 2 saturated heterocycles. The van der Waals surface area contributed by atoms with Crippen LogP contribution in [0.15, 0.2) is 29.3 Å². The maximum absolute atomic E-state index is 14.8. The lowest BCUT2D eigenvalue weighted by atomic mass is 9.96. The van der Waals surface area contributed by atoms with Gasteiger partial charge in [0, 0.05) is 24.5 Å². The Bertz CT molecular complexity index is 1220. The van der Waals surface area contributed by atoms with Gasteiger partial charge in [-0.2, -0.15) is 18.6 Å². The van der Waals surface area contributed by atoms with Crippen LogP contribution in [-0.4, -0.2) is 61.4 Å². The number of halogens is 3. The average molecular weight is 447 g/mol. The first-order chi connectivity index (χ1) is 15.3. The highest BCUT2D eigenvalue weighted by atomic mass is 19.3. The lowest BCUT2D eigenvalue weighted by molar-refractivity contribution is 0.0518. The van der Waals surface area contributed by atoms with Crippen LogP contribution in [0.4, 0.5) is 19.0 Å². The summed E-state index contributed by atoms with van der Waals surface area (Å²) in [7, 11) is 1.75. The minimum atomic E-state index is -3.09. The third-order valence-electron chi connectivity index (χ3n) is 6.32. The summed E-state index contributed by atoms with van der Waals surface area (Å²) >= 11 is 0. The molecule has 2 fully saturated rings. The second-order valence-electron chi connectivity index (χ2n) is 8.17. The summed E-state index contributed by atoms with van der Waals surface area (Å²) in [5.74, 6) is 0.106. The first-order valence-corrected chi connectivity index (χ1v) is 10.2. The Hall–Kier alpha value is -3.28. The fourth-order valence-electron chi connectivity index (χ4n) is 4.59. The number of hydrogen-bond acceptors (Lipinski definition) is 8. The number of aromatic hydroxyl groups is 1. The van der Waals surface area contributed by atoms with Crippen molar-refractivity contribution in [3.8, 4) is 17.1 Å². The average Bonchev–Trinajstić information content (AvgIpc) is 3.19. The van der Waals surface area contributed by atoms with E-state index in [2.05, 4.69) is 25.6 Å². The number of phenolic OH excluding ortho intramolecular Hbond substituents is 1. The fraction of sp³-hybridized carbons (Fsp3) is 0.450. The van der Waals surface area contributed by atoms with Gasteiger partial charge in [0.25, 0.3) is 5.56 Å². The first-order valence-electron chi connectivity index (χ1n) is 10.2. The van der Waals surface area contributed by atoms with Crippen molar-refractivity contribution in [3.05, 3.63) is 34.9 Å². The standard InChI is InChI=1S/C20H20F3N7O2/c1-29(14-5-10-2-3-13(26-10)17(14)21)16-8-24-18(28-27-16)12-4-9-7-25-30(20(22)23)19(32)11(9)6-15(12)31/h4,6-8,10,13-14,17,20,26,31H,2-3,5H2,1H3/t10-,13?,14-,17+/m1/s1. The molecular weight excluding hydrogens is 427 g/mol. The zero-order valence-electron chi connectivity index (χ0n) is 17.0. The van der Waals surface area contributed by atoms with Gasteiger partial charge in [-0.3, -0.25) is 4.79 Å². The molecule has 168 valence electrons. The van der Waals surface area contributed by atoms with Crippen molar-refractivity contribution in [1.29, 1.82) is 0 Å². The predicted molar refractivity (Wildman–Crippen MR) is 109 cm³/mol. The van der Waals surface area contributed by atoms with Crippen LogP contribution < -0.4 is 15.8 Å². The number of nitrogens with zero attached hydrogens (tertiary/aromatic N) is 6. The lowest BCUT2D eigenvalue weighted by Gasteiger charge is -2.38. The molecule has 2 bridgehead atoms. The molecule has 0 amide bonds. The van der Waals surface area contributed by atoms with Gasteiger partial charge in [0.15, 0.2) is 11.6 Å². The topological polar surface area (TPSA) is 109 Å². The summed E-state index contributed by atoms with van der Waals surface area (Å²) in [5.41, 5.74) is -0.856. The smallest absolute Gasteiger partial charge is 0.336 e. The molecule has 0 radical (unpaired) electrons. The number of nitrogens with one attached hydrogen (secondary N) is 1. The molecule has 9 nitrogen and oxygen atoms in total. The van der Waals surface area contributed by atoms with Crippen LogP contribution >= 0.6 is 0 Å². The van der Waals surface area contributed by atoms with Gasteiger partial charge in [0.05, 0.1) is 29.4 Å². The van der Waals surface area contributed by atoms with Crippen LogP contribution in [0.1, 0.15) is 25.8 Å². The number of piperidine rings is 1. The van der Waals surface area contributed by atoms with E-state index in [0.29, 0.717) is 12.2 Å². The Morgan fingerprint density at radius 3 is 2.78 bits per heavy atom. The van der Waals surface area contributed by atoms with Crippen molar-refractivity contribution >= 4 is 16.6 Å². The highest BCUT2D eigenvalue weighted by molar-refractivity contribution is 5.88. The van der Waals surface area contributed by atoms with Crippen molar-refractivity contribution in [2.75, 3.05) is 11.9 Å². The highest BCUT2D eigenvalue weighted by Gasteiger charge is 2.43. The van der Waals surface area contributed by atoms with Crippen LogP contribution in [0, 0.1) is 0 Å². The molecule has 2 aliphatic heterocycles. The normalized spacial score (nSPS) is 24.9. The molecule has 12 heteroatoms. The summed E-state index contributed by atoms with van der Waals surface area (Å²) in [5, 5.41) is 25.4. The molecule has 0 saturated carbocycles. The molecule has 0 aliphatic carbocycles. The fourth-order valence-corrected chi connectivity index (χ4v) is 4.59. The number of rotatable bonds is 4. The van der Waals surface area contributed by atoms with Gasteiger partial charge in [-0.25, -0.2) is 9.37 Å². The zero-order chi connectivity index (χ0) is 22.6. The first kappa shape index (κ1) is 20.6. The van der Waals surface area contributed by atoms with Crippen LogP contribution in [0.25, 0.3) is 22.2 Å². The maximum atomic E-state index is 14.8. The maximum Gasteiger partial charge on any atom is 0.336 e. The second-order valence-corrected chi connectivity index (χ2v) is 8.17. The summed E-state index contributed by atoms with van der Waals surface area (Å²) in [4.78, 5) is 18.1. The van der Waals surface area contributed by atoms with Gasteiger partial charge in [-0.05, 0) is 31.4 Å². The molecular formula is C20H20F3N7O2. The highest BCUT2D eigenvalue weighted by Crippen LogP contribution is 2.34. The van der Waals surface area contributed by atoms with Crippen molar-refractivity contribution in [2.45, 2.75) is 50.1 Å². The second kappa shape index (κ2) is 7.69. The molecule has 2 aliphatic rings. The molecule has 0 spiro atoms. The van der Waals surface area contributed by atoms with Gasteiger partial charge in [0.1, 0.15) is 11.9 Å². The molecule has 3 aromatic rings. The van der Waals surface area contributed by atoms with Crippen molar-refractivity contribution in [1.82, 2.24) is 30.3 Å². The summed E-state index contributed by atoms with van der Waals surface area (Å²) < 4.78 is 40.7. The quantitative estimate of drug-likeness (QED) is 0.625. The van der Waals surface area contributed by atoms with Crippen LogP contribution in [0.5, 0.6) is 5.75 Å². The van der Waals surface area contributed by atoms with Gasteiger partial charge in [-0.1, -0.05) is 0 Å². The largest absolute Gasteiger partial charge is 0.507 e. The number of aromatic nitrogens is 5. The summed E-state index contributed by atoms with van der Waals surface area (Å²) in [6.07, 6.45) is 3.94. The van der Waals surface area contributed by atoms with Gasteiger partial charge >= 0.3 is 6.55 Å².